The number of ether oxygens (including phenoxy) is 1. The second kappa shape index (κ2) is 11.6. The molecule has 1 aliphatic rings. The summed E-state index contributed by atoms with van der Waals surface area (Å²) in [6.45, 7) is 3.94. The van der Waals surface area contributed by atoms with Crippen LogP contribution < -0.4 is 0 Å². The Morgan fingerprint density at radius 1 is 1.23 bits per heavy atom. The Morgan fingerprint density at radius 2 is 1.90 bits per heavy atom. The topological polar surface area (TPSA) is 75.9 Å². The minimum Gasteiger partial charge on any atom is -0.469 e. The molecule has 0 aromatic heterocycles. The minimum absolute atomic E-state index is 0.0125. The molecule has 0 radical (unpaired) electrons. The number of rotatable bonds is 9. The average molecular weight is 508 g/mol. The Hall–Kier alpha value is -1.94. The highest BCUT2D eigenvalue weighted by molar-refractivity contribution is 9.10. The Kier molecular flexibility index (Phi) is 8.89. The lowest BCUT2D eigenvalue weighted by atomic mass is 9.97. The number of nitro benzene ring substituents is 1. The monoisotopic (exact) mass is 507 g/mol. The van der Waals surface area contributed by atoms with Crippen molar-refractivity contribution >= 4 is 39.5 Å². The number of piperidine rings is 1. The molecule has 2 aromatic rings. The van der Waals surface area contributed by atoms with E-state index in [0.29, 0.717) is 11.4 Å². The molecule has 7 nitrogen and oxygen atoms in total. The van der Waals surface area contributed by atoms with E-state index in [9.17, 15) is 14.9 Å². The van der Waals surface area contributed by atoms with Crippen LogP contribution in [0, 0.1) is 16.0 Å². The first-order valence-corrected chi connectivity index (χ1v) is 11.7. The van der Waals surface area contributed by atoms with E-state index in [2.05, 4.69) is 37.3 Å². The number of nitro groups is 1. The van der Waals surface area contributed by atoms with Crippen molar-refractivity contribution in [3.8, 4) is 0 Å². The fourth-order valence-corrected chi connectivity index (χ4v) is 4.89. The maximum absolute atomic E-state index is 11.7. The van der Waals surface area contributed by atoms with Gasteiger partial charge in [0.2, 0.25) is 0 Å². The lowest BCUT2D eigenvalue weighted by Gasteiger charge is -2.32. The molecule has 0 saturated carbocycles. The molecule has 0 N–H and O–H groups in total. The standard InChI is InChI=1S/C22H26BrN3O4S/c1-30-22(27)18-10-12-24(13-11-18)14-15-25(16-17-6-8-19(23)9-7-17)31-21-5-3-2-4-20(21)26(28)29/h2-9,18H,10-16H2,1H3. The molecule has 0 bridgehead atoms. The van der Waals surface area contributed by atoms with Crippen LogP contribution in [0.4, 0.5) is 5.69 Å². The summed E-state index contributed by atoms with van der Waals surface area (Å²) < 4.78 is 8.05. The number of nitrogens with zero attached hydrogens (tertiary/aromatic N) is 3. The lowest BCUT2D eigenvalue weighted by Crippen LogP contribution is -2.40. The van der Waals surface area contributed by atoms with E-state index in [1.807, 2.05) is 18.2 Å². The quantitative estimate of drug-likeness (QED) is 0.209. The molecule has 1 saturated heterocycles. The Labute approximate surface area is 195 Å². The number of carbonyl (C=O) groups is 1. The molecule has 0 aliphatic carbocycles. The first kappa shape index (κ1) is 23.7. The molecule has 166 valence electrons. The highest BCUT2D eigenvalue weighted by Gasteiger charge is 2.26. The van der Waals surface area contributed by atoms with Gasteiger partial charge in [-0.25, -0.2) is 4.31 Å². The molecule has 0 amide bonds. The predicted octanol–water partition coefficient (Wildman–Crippen LogP) is 4.75. The summed E-state index contributed by atoms with van der Waals surface area (Å²) in [5.41, 5.74) is 1.26. The Morgan fingerprint density at radius 3 is 2.55 bits per heavy atom. The van der Waals surface area contributed by atoms with Crippen LogP contribution in [0.2, 0.25) is 0 Å². The molecule has 9 heteroatoms. The molecule has 0 unspecified atom stereocenters. The van der Waals surface area contributed by atoms with Crippen LogP contribution in [0.3, 0.4) is 0 Å². The second-order valence-electron chi connectivity index (χ2n) is 7.45. The molecule has 1 aliphatic heterocycles. The summed E-state index contributed by atoms with van der Waals surface area (Å²) in [4.78, 5) is 25.8. The van der Waals surface area contributed by atoms with Crippen molar-refractivity contribution < 1.29 is 14.5 Å². The molecule has 0 atom stereocenters. The first-order chi connectivity index (χ1) is 15.0. The van der Waals surface area contributed by atoms with Crippen LogP contribution in [0.15, 0.2) is 57.9 Å². The van der Waals surface area contributed by atoms with E-state index < -0.39 is 0 Å². The molecule has 31 heavy (non-hydrogen) atoms. The van der Waals surface area contributed by atoms with Crippen molar-refractivity contribution in [2.24, 2.45) is 5.92 Å². The fraction of sp³-hybridized carbons (Fsp3) is 0.409. The van der Waals surface area contributed by atoms with Gasteiger partial charge < -0.3 is 9.64 Å². The minimum atomic E-state index is -0.336. The number of halogens is 1. The van der Waals surface area contributed by atoms with Gasteiger partial charge in [-0.05, 0) is 61.6 Å². The first-order valence-electron chi connectivity index (χ1n) is 10.2. The highest BCUT2D eigenvalue weighted by Crippen LogP contribution is 2.32. The zero-order valence-corrected chi connectivity index (χ0v) is 19.8. The Balaban J connectivity index is 1.66. The average Bonchev–Trinajstić information content (AvgIpc) is 2.79. The second-order valence-corrected chi connectivity index (χ2v) is 9.50. The van der Waals surface area contributed by atoms with E-state index >= 15 is 0 Å². The summed E-state index contributed by atoms with van der Waals surface area (Å²) in [6, 6.07) is 15.0. The van der Waals surface area contributed by atoms with Gasteiger partial charge in [-0.1, -0.05) is 40.2 Å². The largest absolute Gasteiger partial charge is 0.469 e. The third-order valence-corrected chi connectivity index (χ3v) is 6.99. The lowest BCUT2D eigenvalue weighted by molar-refractivity contribution is -0.387. The highest BCUT2D eigenvalue weighted by atomic mass is 79.9. The molecule has 1 fully saturated rings. The van der Waals surface area contributed by atoms with Gasteiger partial charge in [0, 0.05) is 30.2 Å². The summed E-state index contributed by atoms with van der Waals surface area (Å²) in [6.07, 6.45) is 1.60. The van der Waals surface area contributed by atoms with Gasteiger partial charge in [-0.3, -0.25) is 14.9 Å². The van der Waals surface area contributed by atoms with Crippen LogP contribution in [0.5, 0.6) is 0 Å². The summed E-state index contributed by atoms with van der Waals surface area (Å²) >= 11 is 4.88. The van der Waals surface area contributed by atoms with Gasteiger partial charge in [0.25, 0.3) is 5.69 Å². The van der Waals surface area contributed by atoms with Crippen molar-refractivity contribution in [3.63, 3.8) is 0 Å². The van der Waals surface area contributed by atoms with Gasteiger partial charge in [0.05, 0.1) is 18.0 Å². The third kappa shape index (κ3) is 7.03. The normalized spacial score (nSPS) is 15.2. The van der Waals surface area contributed by atoms with Crippen molar-refractivity contribution in [1.29, 1.82) is 0 Å². The van der Waals surface area contributed by atoms with Crippen molar-refractivity contribution in [3.05, 3.63) is 68.7 Å². The van der Waals surface area contributed by atoms with E-state index in [-0.39, 0.29) is 22.5 Å². The maximum atomic E-state index is 11.7. The van der Waals surface area contributed by atoms with Crippen LogP contribution in [-0.2, 0) is 16.1 Å². The van der Waals surface area contributed by atoms with Crippen molar-refractivity contribution in [1.82, 2.24) is 9.21 Å². The van der Waals surface area contributed by atoms with Crippen molar-refractivity contribution in [2.45, 2.75) is 24.3 Å². The number of likely N-dealkylation sites (tertiary alicyclic amines) is 1. The van der Waals surface area contributed by atoms with Gasteiger partial charge >= 0.3 is 5.97 Å². The van der Waals surface area contributed by atoms with Crippen LogP contribution in [-0.4, -0.2) is 53.4 Å². The van der Waals surface area contributed by atoms with Gasteiger partial charge in [0.15, 0.2) is 0 Å². The fourth-order valence-electron chi connectivity index (χ4n) is 3.59. The molecular formula is C22H26BrN3O4S. The van der Waals surface area contributed by atoms with Gasteiger partial charge in [-0.2, -0.15) is 0 Å². The smallest absolute Gasteiger partial charge is 0.308 e. The number of methoxy groups -OCH3 is 1. The molecule has 1 heterocycles. The van der Waals surface area contributed by atoms with Crippen molar-refractivity contribution in [2.75, 3.05) is 33.3 Å². The van der Waals surface area contributed by atoms with E-state index in [4.69, 9.17) is 4.74 Å². The number of benzene rings is 2. The predicted molar refractivity (Wildman–Crippen MR) is 125 cm³/mol. The molecule has 3 rings (SSSR count). The van der Waals surface area contributed by atoms with E-state index in [1.165, 1.54) is 25.1 Å². The van der Waals surface area contributed by atoms with E-state index in [0.717, 1.165) is 49.1 Å². The summed E-state index contributed by atoms with van der Waals surface area (Å²) in [5, 5.41) is 11.4. The summed E-state index contributed by atoms with van der Waals surface area (Å²) in [7, 11) is 1.44. The number of hydrogen-bond donors (Lipinski definition) is 0. The number of esters is 1. The summed E-state index contributed by atoms with van der Waals surface area (Å²) in [5.74, 6) is -0.134. The van der Waals surface area contributed by atoms with Gasteiger partial charge in [0.1, 0.15) is 4.90 Å². The molecule has 2 aromatic carbocycles. The zero-order chi connectivity index (χ0) is 22.2. The maximum Gasteiger partial charge on any atom is 0.308 e. The SMILES string of the molecule is COC(=O)C1CCN(CCN(Cc2ccc(Br)cc2)Sc2ccccc2[N+](=O)[O-])CC1. The van der Waals surface area contributed by atoms with Crippen LogP contribution in [0.1, 0.15) is 18.4 Å². The number of para-hydroxylation sites is 1. The molecular weight excluding hydrogens is 482 g/mol. The third-order valence-electron chi connectivity index (χ3n) is 5.35. The van der Waals surface area contributed by atoms with Gasteiger partial charge in [-0.15, -0.1) is 0 Å². The number of hydrogen-bond acceptors (Lipinski definition) is 7. The van der Waals surface area contributed by atoms with E-state index in [1.54, 1.807) is 12.1 Å². The zero-order valence-electron chi connectivity index (χ0n) is 17.4. The molecule has 0 spiro atoms. The van der Waals surface area contributed by atoms with Crippen LogP contribution in [0.25, 0.3) is 0 Å². The number of carbonyl (C=O) groups excluding carboxylic acids is 1. The van der Waals surface area contributed by atoms with Crippen LogP contribution >= 0.6 is 27.9 Å². The Bertz CT molecular complexity index is 889.